The summed E-state index contributed by atoms with van der Waals surface area (Å²) in [5, 5.41) is 3.27. The lowest BCUT2D eigenvalue weighted by Crippen LogP contribution is -1.88. The highest BCUT2D eigenvalue weighted by atomic mass is 15.3. The van der Waals surface area contributed by atoms with Crippen LogP contribution in [0, 0.1) is 6.92 Å². The van der Waals surface area contributed by atoms with Crippen LogP contribution in [0.5, 0.6) is 0 Å². The van der Waals surface area contributed by atoms with Crippen LogP contribution >= 0.6 is 0 Å². The molecule has 3 nitrogen and oxygen atoms in total. The van der Waals surface area contributed by atoms with Crippen molar-refractivity contribution in [3.8, 4) is 0 Å². The zero-order chi connectivity index (χ0) is 8.72. The second kappa shape index (κ2) is 2.37. The summed E-state index contributed by atoms with van der Waals surface area (Å²) >= 11 is 0. The van der Waals surface area contributed by atoms with Crippen LogP contribution in [0.25, 0.3) is 5.65 Å². The molecule has 0 saturated heterocycles. The average Bonchev–Trinajstić information content (AvgIpc) is 2.42. The highest BCUT2D eigenvalue weighted by Crippen LogP contribution is 2.14. The summed E-state index contributed by atoms with van der Waals surface area (Å²) in [5.74, 6) is 0.534. The predicted molar refractivity (Wildman–Crippen MR) is 48.4 cm³/mol. The van der Waals surface area contributed by atoms with Crippen molar-refractivity contribution in [1.82, 2.24) is 14.6 Å². The van der Waals surface area contributed by atoms with Crippen LogP contribution in [0.4, 0.5) is 0 Å². The average molecular weight is 163 g/mol. The van der Waals surface area contributed by atoms with Gasteiger partial charge in [0.2, 0.25) is 0 Å². The summed E-state index contributed by atoms with van der Waals surface area (Å²) in [6.45, 7) is 6.33. The fraction of sp³-hybridized carbons (Fsp3) is 0.444. The topological polar surface area (TPSA) is 33.1 Å². The molecule has 1 N–H and O–H groups in total. The lowest BCUT2D eigenvalue weighted by atomic mass is 10.1. The number of imidazole rings is 1. The van der Waals surface area contributed by atoms with E-state index in [0.717, 1.165) is 11.3 Å². The number of hydrogen-bond donors (Lipinski definition) is 1. The Morgan fingerprint density at radius 3 is 2.83 bits per heavy atom. The number of nitrogens with zero attached hydrogens (tertiary/aromatic N) is 2. The van der Waals surface area contributed by atoms with Gasteiger partial charge in [0.1, 0.15) is 0 Å². The first kappa shape index (κ1) is 7.40. The van der Waals surface area contributed by atoms with E-state index >= 15 is 0 Å². The third kappa shape index (κ3) is 1.02. The number of fused-ring (bicyclic) bond motifs is 1. The minimum atomic E-state index is 0.534. The van der Waals surface area contributed by atoms with E-state index < -0.39 is 0 Å². The highest BCUT2D eigenvalue weighted by molar-refractivity contribution is 5.41. The molecule has 0 aromatic carbocycles. The molecular formula is C9H13N3. The Morgan fingerprint density at radius 2 is 2.25 bits per heavy atom. The Kier molecular flexibility index (Phi) is 1.46. The second-order valence-corrected chi connectivity index (χ2v) is 3.48. The van der Waals surface area contributed by atoms with Gasteiger partial charge in [0, 0.05) is 18.0 Å². The Hall–Kier alpha value is -1.25. The Bertz CT molecular complexity index is 363. The van der Waals surface area contributed by atoms with Crippen LogP contribution in [0.15, 0.2) is 12.3 Å². The second-order valence-electron chi connectivity index (χ2n) is 3.48. The zero-order valence-corrected chi connectivity index (χ0v) is 7.63. The first-order valence-electron chi connectivity index (χ1n) is 4.21. The molecule has 0 spiro atoms. The van der Waals surface area contributed by atoms with E-state index in [4.69, 9.17) is 0 Å². The van der Waals surface area contributed by atoms with E-state index in [1.165, 1.54) is 5.69 Å². The molecule has 0 atom stereocenters. The van der Waals surface area contributed by atoms with Gasteiger partial charge in [-0.2, -0.15) is 0 Å². The number of H-pyrrole nitrogens is 1. The Balaban J connectivity index is 2.57. The number of aromatic amines is 1. The van der Waals surface area contributed by atoms with Crippen LogP contribution in [0.1, 0.15) is 31.2 Å². The summed E-state index contributed by atoms with van der Waals surface area (Å²) in [4.78, 5) is 4.35. The molecule has 2 aromatic heterocycles. The van der Waals surface area contributed by atoms with Gasteiger partial charge >= 0.3 is 0 Å². The van der Waals surface area contributed by atoms with Gasteiger partial charge in [0.05, 0.1) is 5.69 Å². The van der Waals surface area contributed by atoms with Crippen LogP contribution in [0.2, 0.25) is 0 Å². The number of aromatic nitrogens is 3. The fourth-order valence-corrected chi connectivity index (χ4v) is 1.31. The summed E-state index contributed by atoms with van der Waals surface area (Å²) < 4.78 is 1.96. The Labute approximate surface area is 71.4 Å². The Morgan fingerprint density at radius 1 is 1.50 bits per heavy atom. The van der Waals surface area contributed by atoms with Crippen LogP contribution < -0.4 is 0 Å². The van der Waals surface area contributed by atoms with Gasteiger partial charge in [0.25, 0.3) is 0 Å². The minimum Gasteiger partial charge on any atom is -0.297 e. The molecule has 0 amide bonds. The summed E-state index contributed by atoms with van der Waals surface area (Å²) in [5.41, 5.74) is 3.30. The minimum absolute atomic E-state index is 0.534. The molecule has 2 rings (SSSR count). The molecule has 2 heterocycles. The van der Waals surface area contributed by atoms with Crippen molar-refractivity contribution >= 4 is 5.65 Å². The first-order valence-corrected chi connectivity index (χ1v) is 4.21. The zero-order valence-electron chi connectivity index (χ0n) is 7.63. The standard InChI is InChI=1S/C9H13N3/c1-6(2)8-4-9-10-7(3)5-12(9)11-8/h4-6,11H,1-3H3. The molecule has 0 aliphatic heterocycles. The maximum Gasteiger partial charge on any atom is 0.153 e. The molecule has 64 valence electrons. The highest BCUT2D eigenvalue weighted by Gasteiger charge is 2.05. The van der Waals surface area contributed by atoms with E-state index in [2.05, 4.69) is 30.0 Å². The van der Waals surface area contributed by atoms with Gasteiger partial charge in [-0.1, -0.05) is 13.8 Å². The number of hydrogen-bond acceptors (Lipinski definition) is 1. The van der Waals surface area contributed by atoms with Crippen molar-refractivity contribution in [2.45, 2.75) is 26.7 Å². The van der Waals surface area contributed by atoms with Crippen molar-refractivity contribution in [2.24, 2.45) is 0 Å². The van der Waals surface area contributed by atoms with Gasteiger partial charge in [-0.25, -0.2) is 9.50 Å². The smallest absolute Gasteiger partial charge is 0.153 e. The fourth-order valence-electron chi connectivity index (χ4n) is 1.31. The van der Waals surface area contributed by atoms with E-state index in [1.807, 2.05) is 17.6 Å². The number of nitrogens with one attached hydrogen (secondary N) is 1. The molecule has 0 bridgehead atoms. The van der Waals surface area contributed by atoms with Gasteiger partial charge in [-0.15, -0.1) is 0 Å². The van der Waals surface area contributed by atoms with Crippen molar-refractivity contribution < 1.29 is 0 Å². The van der Waals surface area contributed by atoms with E-state index in [9.17, 15) is 0 Å². The lowest BCUT2D eigenvalue weighted by molar-refractivity contribution is 0.789. The monoisotopic (exact) mass is 163 g/mol. The number of rotatable bonds is 1. The molecule has 0 aliphatic carbocycles. The molecular weight excluding hydrogens is 150 g/mol. The molecule has 12 heavy (non-hydrogen) atoms. The molecule has 0 aliphatic rings. The first-order chi connectivity index (χ1) is 5.66. The number of aryl methyl sites for hydroxylation is 1. The van der Waals surface area contributed by atoms with Gasteiger partial charge < -0.3 is 0 Å². The molecule has 0 radical (unpaired) electrons. The summed E-state index contributed by atoms with van der Waals surface area (Å²) in [6, 6.07) is 2.09. The lowest BCUT2D eigenvalue weighted by Gasteiger charge is -1.97. The third-order valence-corrected chi connectivity index (χ3v) is 2.01. The molecule has 0 unspecified atom stereocenters. The predicted octanol–water partition coefficient (Wildman–Crippen LogP) is 2.09. The largest absolute Gasteiger partial charge is 0.297 e. The van der Waals surface area contributed by atoms with Crippen molar-refractivity contribution in [2.75, 3.05) is 0 Å². The summed E-state index contributed by atoms with van der Waals surface area (Å²) in [7, 11) is 0. The van der Waals surface area contributed by atoms with Gasteiger partial charge in [0.15, 0.2) is 5.65 Å². The summed E-state index contributed by atoms with van der Waals surface area (Å²) in [6.07, 6.45) is 2.00. The third-order valence-electron chi connectivity index (χ3n) is 2.01. The van der Waals surface area contributed by atoms with Crippen LogP contribution in [-0.4, -0.2) is 14.6 Å². The van der Waals surface area contributed by atoms with E-state index in [1.54, 1.807) is 0 Å². The van der Waals surface area contributed by atoms with Crippen molar-refractivity contribution in [1.29, 1.82) is 0 Å². The molecule has 0 saturated carbocycles. The molecule has 2 aromatic rings. The quantitative estimate of drug-likeness (QED) is 0.686. The van der Waals surface area contributed by atoms with Crippen molar-refractivity contribution in [3.05, 3.63) is 23.7 Å². The normalized spacial score (nSPS) is 11.7. The van der Waals surface area contributed by atoms with Crippen molar-refractivity contribution in [3.63, 3.8) is 0 Å². The van der Waals surface area contributed by atoms with Gasteiger partial charge in [-0.3, -0.25) is 5.10 Å². The molecule has 3 heteroatoms. The van der Waals surface area contributed by atoms with E-state index in [0.29, 0.717) is 5.92 Å². The SMILES string of the molecule is Cc1cn2[nH]c(C(C)C)cc2n1. The van der Waals surface area contributed by atoms with Gasteiger partial charge in [-0.05, 0) is 12.8 Å². The van der Waals surface area contributed by atoms with E-state index in [-0.39, 0.29) is 0 Å². The van der Waals surface area contributed by atoms with Crippen LogP contribution in [0.3, 0.4) is 0 Å². The maximum absolute atomic E-state index is 4.35. The maximum atomic E-state index is 4.35. The molecule has 0 fully saturated rings. The van der Waals surface area contributed by atoms with Crippen LogP contribution in [-0.2, 0) is 0 Å².